The highest BCUT2D eigenvalue weighted by molar-refractivity contribution is 7.56. The number of hydrogen-bond donors (Lipinski definition) is 10. The Kier molecular flexibility index (Phi) is 9.28. The van der Waals surface area contributed by atoms with Crippen LogP contribution in [0.1, 0.15) is 6.23 Å². The van der Waals surface area contributed by atoms with Crippen LogP contribution in [0, 0.1) is 0 Å². The van der Waals surface area contributed by atoms with E-state index in [0.717, 1.165) is 6.33 Å². The first-order valence-corrected chi connectivity index (χ1v) is 15.0. The number of nitrogen functional groups attached to an aromatic ring is 1. The molecule has 12 atom stereocenters. The molecule has 0 radical (unpaired) electrons. The van der Waals surface area contributed by atoms with Gasteiger partial charge < -0.3 is 65.3 Å². The van der Waals surface area contributed by atoms with Crippen LogP contribution in [0.2, 0.25) is 0 Å². The zero-order valence-corrected chi connectivity index (χ0v) is 22.1. The van der Waals surface area contributed by atoms with Crippen LogP contribution in [0.4, 0.5) is 5.82 Å². The summed E-state index contributed by atoms with van der Waals surface area (Å²) in [6.45, 7) is -1.78. The van der Waals surface area contributed by atoms with Gasteiger partial charge >= 0.3 is 15.2 Å². The Hall–Kier alpha value is -1.71. The molecule has 0 saturated carbocycles. The fourth-order valence-corrected chi connectivity index (χ4v) is 6.89. The van der Waals surface area contributed by atoms with Gasteiger partial charge in [0.25, 0.3) is 0 Å². The molecular weight excluding hydrogens is 588 g/mol. The van der Waals surface area contributed by atoms with E-state index in [1.165, 1.54) is 10.9 Å². The van der Waals surface area contributed by atoms with Crippen molar-refractivity contribution in [1.82, 2.24) is 19.5 Å². The van der Waals surface area contributed by atoms with Gasteiger partial charge in [-0.1, -0.05) is 0 Å². The average molecular weight is 617 g/mol. The van der Waals surface area contributed by atoms with Crippen LogP contribution in [0.5, 0.6) is 0 Å². The first-order valence-electron chi connectivity index (χ1n) is 11.5. The first kappa shape index (κ1) is 31.2. The quantitative estimate of drug-likeness (QED) is 0.112. The van der Waals surface area contributed by atoms with Crippen molar-refractivity contribution in [2.75, 3.05) is 25.3 Å². The Morgan fingerprint density at radius 1 is 0.975 bits per heavy atom. The van der Waals surface area contributed by atoms with E-state index in [4.69, 9.17) is 24.8 Å². The molecule has 4 rings (SSSR count). The van der Waals surface area contributed by atoms with Crippen molar-refractivity contribution in [3.8, 4) is 0 Å². The molecule has 20 nitrogen and oxygen atoms in total. The fourth-order valence-electron chi connectivity index (χ4n) is 4.19. The van der Waals surface area contributed by atoms with Crippen molar-refractivity contribution >= 4 is 32.2 Å². The Bertz CT molecular complexity index is 1290. The van der Waals surface area contributed by atoms with Gasteiger partial charge in [0.1, 0.15) is 60.7 Å². The van der Waals surface area contributed by atoms with E-state index in [1.54, 1.807) is 0 Å². The average Bonchev–Trinajstić information content (AvgIpc) is 3.46. The monoisotopic (exact) mass is 617 g/mol. The number of nitrogens with zero attached hydrogens (tertiary/aromatic N) is 4. The lowest BCUT2D eigenvalue weighted by atomic mass is 9.96. The van der Waals surface area contributed by atoms with Crippen LogP contribution in [0.25, 0.3) is 11.2 Å². The number of anilines is 1. The summed E-state index contributed by atoms with van der Waals surface area (Å²) in [5.74, 6) is -2.24. The second-order valence-electron chi connectivity index (χ2n) is 9.10. The Morgan fingerprint density at radius 3 is 2.35 bits per heavy atom. The summed E-state index contributed by atoms with van der Waals surface area (Å²) >= 11 is 0. The van der Waals surface area contributed by atoms with Crippen molar-refractivity contribution in [2.24, 2.45) is 0 Å². The van der Waals surface area contributed by atoms with Gasteiger partial charge in [-0.25, -0.2) is 15.0 Å². The summed E-state index contributed by atoms with van der Waals surface area (Å²) in [7, 11) is -10.1. The van der Waals surface area contributed by atoms with Crippen LogP contribution < -0.4 is 5.73 Å². The van der Waals surface area contributed by atoms with E-state index in [1.807, 2.05) is 0 Å². The smallest absolute Gasteiger partial charge is 0.360 e. The third-order valence-corrected chi connectivity index (χ3v) is 9.14. The van der Waals surface area contributed by atoms with Gasteiger partial charge in [0, 0.05) is 0 Å². The maximum atomic E-state index is 12.7. The minimum Gasteiger partial charge on any atom is -0.394 e. The number of aromatic nitrogens is 4. The lowest BCUT2D eigenvalue weighted by molar-refractivity contribution is -0.230. The van der Waals surface area contributed by atoms with E-state index in [2.05, 4.69) is 19.5 Å². The molecule has 0 spiro atoms. The number of aliphatic hydroxyl groups is 7. The van der Waals surface area contributed by atoms with Crippen molar-refractivity contribution in [1.29, 1.82) is 0 Å². The fraction of sp³-hybridized carbons (Fsp3) is 0.722. The molecule has 0 aromatic carbocycles. The number of imidazole rings is 1. The summed E-state index contributed by atoms with van der Waals surface area (Å²) < 4.78 is 46.5. The molecular formula is C18H29N5O15P2. The van der Waals surface area contributed by atoms with Crippen LogP contribution >= 0.6 is 15.2 Å². The van der Waals surface area contributed by atoms with Crippen LogP contribution in [-0.4, -0.2) is 139 Å². The number of aliphatic hydroxyl groups excluding tert-OH is 7. The van der Waals surface area contributed by atoms with E-state index >= 15 is 0 Å². The zero-order valence-electron chi connectivity index (χ0n) is 20.3. The van der Waals surface area contributed by atoms with E-state index in [0.29, 0.717) is 0 Å². The molecule has 11 N–H and O–H groups in total. The van der Waals surface area contributed by atoms with E-state index < -0.39 is 95.7 Å². The highest BCUT2D eigenvalue weighted by Crippen LogP contribution is 2.56. The minimum atomic E-state index is -5.21. The molecule has 2 saturated heterocycles. The number of ether oxygens (including phenoxy) is 2. The van der Waals surface area contributed by atoms with Gasteiger partial charge in [-0.15, -0.1) is 0 Å². The normalized spacial score (nSPS) is 36.8. The third-order valence-electron chi connectivity index (χ3n) is 6.36. The predicted molar refractivity (Wildman–Crippen MR) is 127 cm³/mol. The van der Waals surface area contributed by atoms with Crippen LogP contribution in [-0.2, 0) is 27.7 Å². The van der Waals surface area contributed by atoms with Crippen molar-refractivity contribution in [2.45, 2.75) is 60.9 Å². The van der Waals surface area contributed by atoms with Gasteiger partial charge in [-0.2, -0.15) is 0 Å². The van der Waals surface area contributed by atoms with Gasteiger partial charge in [0.05, 0.1) is 19.5 Å². The molecule has 3 unspecified atom stereocenters. The molecule has 4 heterocycles. The highest BCUT2D eigenvalue weighted by atomic mass is 31.2. The molecule has 22 heteroatoms. The molecule has 2 aliphatic rings. The second kappa shape index (κ2) is 11.9. The van der Waals surface area contributed by atoms with Crippen molar-refractivity contribution in [3.63, 3.8) is 0 Å². The summed E-state index contributed by atoms with van der Waals surface area (Å²) in [5.41, 5.74) is 6.10. The standard InChI is InChI=1S/C18H29N5O15P2/c19-15-8-16(21-3-20-15)23(4-22-8)17-12(29)9(26)7(37-17)2-35-39(31,32)5-36-40(33,34)18-13(30)10(27)11(28)14(38-18)6(25)1-24/h3-4,6-7,9-14,17-18,24-30H,1-2,5H2,(H,31,32)(H,33,34)(H2,19,20,21)/t6-,7-,9-,10+,11+,12-,13+,14-,17-,18?/m1/s1. The lowest BCUT2D eigenvalue weighted by Gasteiger charge is -2.42. The molecule has 0 bridgehead atoms. The number of hydrogen-bond acceptors (Lipinski definition) is 17. The first-order chi connectivity index (χ1) is 18.7. The van der Waals surface area contributed by atoms with Gasteiger partial charge in [0.2, 0.25) is 0 Å². The van der Waals surface area contributed by atoms with Crippen LogP contribution in [0.15, 0.2) is 12.7 Å². The topological polar surface area (TPSA) is 323 Å². The maximum absolute atomic E-state index is 12.7. The Balaban J connectivity index is 1.37. The summed E-state index contributed by atoms with van der Waals surface area (Å²) in [5, 5.41) is 69.6. The maximum Gasteiger partial charge on any atom is 0.360 e. The van der Waals surface area contributed by atoms with Crippen molar-refractivity contribution < 1.29 is 73.2 Å². The SMILES string of the molecule is Nc1ncnc2c1ncn2[C@@H]1O[C@H](COP(=O)(O)COP(=O)(O)C2O[C@H]([C@H](O)CO)[C@@H](O)[C@H](O)[C@@H]2O)[C@@H](O)[C@H]1O. The Labute approximate surface area is 224 Å². The molecule has 2 fully saturated rings. The molecule has 40 heavy (non-hydrogen) atoms. The van der Waals surface area contributed by atoms with E-state index in [9.17, 15) is 49.6 Å². The van der Waals surface area contributed by atoms with Gasteiger partial charge in [-0.3, -0.25) is 18.2 Å². The highest BCUT2D eigenvalue weighted by Gasteiger charge is 2.54. The van der Waals surface area contributed by atoms with Crippen molar-refractivity contribution in [3.05, 3.63) is 12.7 Å². The zero-order chi connectivity index (χ0) is 29.6. The molecule has 2 aromatic heterocycles. The predicted octanol–water partition coefficient (Wildman–Crippen LogP) is -4.45. The third kappa shape index (κ3) is 6.07. The van der Waals surface area contributed by atoms with Crippen LogP contribution in [0.3, 0.4) is 0 Å². The largest absolute Gasteiger partial charge is 0.394 e. The summed E-state index contributed by atoms with van der Waals surface area (Å²) in [6, 6.07) is 0. The van der Waals surface area contributed by atoms with E-state index in [-0.39, 0.29) is 17.0 Å². The molecule has 2 aliphatic heterocycles. The summed E-state index contributed by atoms with van der Waals surface area (Å²) in [4.78, 5) is 32.2. The van der Waals surface area contributed by atoms with Gasteiger partial charge in [-0.05, 0) is 0 Å². The number of fused-ring (bicyclic) bond motifs is 1. The number of rotatable bonds is 10. The molecule has 0 amide bonds. The lowest BCUT2D eigenvalue weighted by Crippen LogP contribution is -2.61. The minimum absolute atomic E-state index is 0.0518. The summed E-state index contributed by atoms with van der Waals surface area (Å²) in [6.07, 6.45) is -14.8. The molecule has 226 valence electrons. The second-order valence-corrected chi connectivity index (χ2v) is 12.8. The molecule has 2 aromatic rings. The number of nitrogens with two attached hydrogens (primary N) is 1. The van der Waals surface area contributed by atoms with Gasteiger partial charge in [0.15, 0.2) is 29.9 Å². The Morgan fingerprint density at radius 2 is 1.68 bits per heavy atom. The molecule has 0 aliphatic carbocycles.